The molecule has 0 radical (unpaired) electrons. The Bertz CT molecular complexity index is 1150. The average molecular weight is 392 g/mol. The van der Waals surface area contributed by atoms with E-state index in [1.807, 2.05) is 18.2 Å². The number of furan rings is 1. The van der Waals surface area contributed by atoms with E-state index < -0.39 is 17.1 Å². The molecule has 0 unspecified atom stereocenters. The predicted octanol–water partition coefficient (Wildman–Crippen LogP) is 2.90. The van der Waals surface area contributed by atoms with Gasteiger partial charge in [-0.25, -0.2) is 4.39 Å². The van der Waals surface area contributed by atoms with Crippen molar-refractivity contribution >= 4 is 28.7 Å². The lowest BCUT2D eigenvalue weighted by Gasteiger charge is -2.36. The molecule has 3 heterocycles. The predicted molar refractivity (Wildman–Crippen MR) is 101 cm³/mol. The van der Waals surface area contributed by atoms with Crippen molar-refractivity contribution in [2.24, 2.45) is 0 Å². The Kier molecular flexibility index (Phi) is 3.81. The van der Waals surface area contributed by atoms with Crippen molar-refractivity contribution in [3.8, 4) is 0 Å². The molecule has 1 saturated heterocycles. The molecule has 5 rings (SSSR count). The van der Waals surface area contributed by atoms with Crippen LogP contribution in [0.1, 0.15) is 34.5 Å². The fraction of sp³-hybridized carbons (Fsp3) is 0.227. The number of nitrogens with one attached hydrogen (secondary N) is 1. The third-order valence-corrected chi connectivity index (χ3v) is 5.78. The molecular formula is C22H17FN2O4. The van der Waals surface area contributed by atoms with Gasteiger partial charge in [0.1, 0.15) is 22.6 Å². The molecule has 2 aromatic carbocycles. The molecule has 0 bridgehead atoms. The first-order valence-corrected chi connectivity index (χ1v) is 9.37. The number of carbonyl (C=O) groups is 3. The first-order valence-electron chi connectivity index (χ1n) is 9.37. The van der Waals surface area contributed by atoms with Gasteiger partial charge in [0.15, 0.2) is 0 Å². The van der Waals surface area contributed by atoms with Crippen LogP contribution in [0.2, 0.25) is 0 Å². The van der Waals surface area contributed by atoms with Crippen LogP contribution < -0.4 is 5.32 Å². The van der Waals surface area contributed by atoms with Gasteiger partial charge in [-0.1, -0.05) is 24.3 Å². The number of piperidine rings is 1. The highest BCUT2D eigenvalue weighted by Gasteiger charge is 2.49. The van der Waals surface area contributed by atoms with Crippen molar-refractivity contribution in [3.05, 3.63) is 71.2 Å². The molecule has 146 valence electrons. The Hall–Kier alpha value is -3.48. The quantitative estimate of drug-likeness (QED) is 0.695. The number of hydrogen-bond acceptors (Lipinski definition) is 4. The lowest BCUT2D eigenvalue weighted by atomic mass is 9.76. The highest BCUT2D eigenvalue weighted by Crippen LogP contribution is 2.38. The molecule has 3 aromatic rings. The van der Waals surface area contributed by atoms with Crippen LogP contribution in [-0.2, 0) is 21.5 Å². The fourth-order valence-electron chi connectivity index (χ4n) is 4.22. The highest BCUT2D eigenvalue weighted by molar-refractivity contribution is 6.05. The van der Waals surface area contributed by atoms with Gasteiger partial charge < -0.3 is 9.32 Å². The second kappa shape index (κ2) is 6.27. The summed E-state index contributed by atoms with van der Waals surface area (Å²) in [6.07, 6.45) is 0.373. The lowest BCUT2D eigenvalue weighted by Crippen LogP contribution is -2.56. The number of benzene rings is 2. The summed E-state index contributed by atoms with van der Waals surface area (Å²) >= 11 is 0. The van der Waals surface area contributed by atoms with Crippen LogP contribution in [-0.4, -0.2) is 29.2 Å². The molecular weight excluding hydrogens is 375 g/mol. The van der Waals surface area contributed by atoms with Crippen LogP contribution in [0.5, 0.6) is 0 Å². The second-order valence-electron chi connectivity index (χ2n) is 7.57. The van der Waals surface area contributed by atoms with Crippen molar-refractivity contribution in [1.29, 1.82) is 0 Å². The first kappa shape index (κ1) is 17.6. The fourth-order valence-corrected chi connectivity index (χ4v) is 4.22. The van der Waals surface area contributed by atoms with Crippen molar-refractivity contribution in [2.75, 3.05) is 6.54 Å². The van der Waals surface area contributed by atoms with Crippen molar-refractivity contribution in [1.82, 2.24) is 10.2 Å². The molecule has 0 saturated carbocycles. The van der Waals surface area contributed by atoms with Gasteiger partial charge >= 0.3 is 0 Å². The smallest absolute Gasteiger partial charge is 0.254 e. The Morgan fingerprint density at radius 2 is 1.93 bits per heavy atom. The molecule has 0 aliphatic carbocycles. The highest BCUT2D eigenvalue weighted by atomic mass is 19.1. The topological polar surface area (TPSA) is 79.6 Å². The van der Waals surface area contributed by atoms with E-state index >= 15 is 0 Å². The van der Waals surface area contributed by atoms with Crippen molar-refractivity contribution in [2.45, 2.75) is 24.8 Å². The van der Waals surface area contributed by atoms with Gasteiger partial charge in [0, 0.05) is 30.5 Å². The van der Waals surface area contributed by atoms with E-state index in [0.29, 0.717) is 22.5 Å². The van der Waals surface area contributed by atoms with Crippen LogP contribution in [0.25, 0.3) is 11.0 Å². The van der Waals surface area contributed by atoms with E-state index in [4.69, 9.17) is 4.42 Å². The SMILES string of the molecule is O=C1CC[C@@](CN2Cc3ccc(F)cc3C2=O)(c2cc3ccccc3o2)C(=O)N1. The van der Waals surface area contributed by atoms with Crippen LogP contribution >= 0.6 is 0 Å². The summed E-state index contributed by atoms with van der Waals surface area (Å²) in [5, 5.41) is 3.23. The van der Waals surface area contributed by atoms with Gasteiger partial charge in [0.05, 0.1) is 0 Å². The average Bonchev–Trinajstić information content (AvgIpc) is 3.26. The molecule has 7 heteroatoms. The minimum Gasteiger partial charge on any atom is -0.460 e. The first-order chi connectivity index (χ1) is 14.0. The van der Waals surface area contributed by atoms with E-state index in [-0.39, 0.29) is 37.7 Å². The van der Waals surface area contributed by atoms with E-state index in [2.05, 4.69) is 5.32 Å². The Morgan fingerprint density at radius 3 is 2.72 bits per heavy atom. The van der Waals surface area contributed by atoms with Crippen LogP contribution in [0, 0.1) is 5.82 Å². The second-order valence-corrected chi connectivity index (χ2v) is 7.57. The van der Waals surface area contributed by atoms with Gasteiger partial charge in [-0.05, 0) is 36.2 Å². The third kappa shape index (κ3) is 2.73. The Labute approximate surface area is 165 Å². The van der Waals surface area contributed by atoms with Gasteiger partial charge in [-0.2, -0.15) is 0 Å². The van der Waals surface area contributed by atoms with Gasteiger partial charge in [-0.3, -0.25) is 19.7 Å². The Balaban J connectivity index is 1.56. The summed E-state index contributed by atoms with van der Waals surface area (Å²) in [7, 11) is 0. The number of para-hydroxylation sites is 1. The van der Waals surface area contributed by atoms with Gasteiger partial charge in [-0.15, -0.1) is 0 Å². The summed E-state index contributed by atoms with van der Waals surface area (Å²) in [5.41, 5.74) is 0.452. The standard InChI is InChI=1S/C22H17FN2O4/c23-15-6-5-14-11-25(20(27)16(14)10-15)12-22(8-7-19(26)24-21(22)28)18-9-13-3-1-2-4-17(13)29-18/h1-6,9-10H,7-8,11-12H2,(H,24,26,28)/t22-/m1/s1. The molecule has 1 aromatic heterocycles. The van der Waals surface area contributed by atoms with Crippen LogP contribution in [0.15, 0.2) is 52.9 Å². The zero-order valence-corrected chi connectivity index (χ0v) is 15.4. The lowest BCUT2D eigenvalue weighted by molar-refractivity contribution is -0.139. The molecule has 2 aliphatic heterocycles. The number of carbonyl (C=O) groups excluding carboxylic acids is 3. The molecule has 2 aliphatic rings. The molecule has 1 fully saturated rings. The zero-order valence-electron chi connectivity index (χ0n) is 15.4. The van der Waals surface area contributed by atoms with Crippen molar-refractivity contribution < 1.29 is 23.2 Å². The number of halogens is 1. The number of fused-ring (bicyclic) bond motifs is 2. The van der Waals surface area contributed by atoms with Crippen molar-refractivity contribution in [3.63, 3.8) is 0 Å². The number of imide groups is 1. The molecule has 1 atom stereocenters. The van der Waals surface area contributed by atoms with E-state index in [9.17, 15) is 18.8 Å². The van der Waals surface area contributed by atoms with E-state index in [0.717, 1.165) is 5.39 Å². The van der Waals surface area contributed by atoms with Gasteiger partial charge in [0.25, 0.3) is 5.91 Å². The van der Waals surface area contributed by atoms with E-state index in [1.165, 1.54) is 17.0 Å². The maximum atomic E-state index is 13.6. The molecule has 6 nitrogen and oxygen atoms in total. The largest absolute Gasteiger partial charge is 0.460 e. The summed E-state index contributed by atoms with van der Waals surface area (Å²) in [5.74, 6) is -1.23. The summed E-state index contributed by atoms with van der Waals surface area (Å²) in [6.45, 7) is 0.318. The maximum Gasteiger partial charge on any atom is 0.254 e. The summed E-state index contributed by atoms with van der Waals surface area (Å²) in [4.78, 5) is 39.2. The number of hydrogen-bond donors (Lipinski definition) is 1. The van der Waals surface area contributed by atoms with Gasteiger partial charge in [0.2, 0.25) is 11.8 Å². The molecule has 1 N–H and O–H groups in total. The number of nitrogens with zero attached hydrogens (tertiary/aromatic N) is 1. The third-order valence-electron chi connectivity index (χ3n) is 5.78. The van der Waals surface area contributed by atoms with E-state index in [1.54, 1.807) is 18.2 Å². The Morgan fingerprint density at radius 1 is 1.10 bits per heavy atom. The molecule has 0 spiro atoms. The minimum atomic E-state index is -1.19. The number of rotatable bonds is 3. The zero-order chi connectivity index (χ0) is 20.2. The van der Waals surface area contributed by atoms with Crippen LogP contribution in [0.4, 0.5) is 4.39 Å². The normalized spacial score (nSPS) is 21.6. The maximum absolute atomic E-state index is 13.6. The summed E-state index contributed by atoms with van der Waals surface area (Å²) < 4.78 is 19.6. The monoisotopic (exact) mass is 392 g/mol. The number of amides is 3. The molecule has 3 amide bonds. The van der Waals surface area contributed by atoms with Crippen LogP contribution in [0.3, 0.4) is 0 Å². The summed E-state index contributed by atoms with van der Waals surface area (Å²) in [6, 6.07) is 13.3. The molecule has 29 heavy (non-hydrogen) atoms. The minimum absolute atomic E-state index is 0.0427.